The molecule has 0 aliphatic rings. The molecule has 1 N–H and O–H groups in total. The summed E-state index contributed by atoms with van der Waals surface area (Å²) in [5.74, 6) is 2.20. The van der Waals surface area contributed by atoms with Crippen LogP contribution in [0.15, 0.2) is 43.1 Å². The molecule has 10 nitrogen and oxygen atoms in total. The summed E-state index contributed by atoms with van der Waals surface area (Å²) in [6.45, 7) is 2.89. The fourth-order valence-corrected chi connectivity index (χ4v) is 2.58. The number of nitrogens with zero attached hydrogens (tertiary/aromatic N) is 8. The molecule has 0 bridgehead atoms. The van der Waals surface area contributed by atoms with E-state index in [0.29, 0.717) is 18.9 Å². The fourth-order valence-electron chi connectivity index (χ4n) is 2.58. The molecule has 26 heavy (non-hydrogen) atoms. The molecule has 3 heterocycles. The van der Waals surface area contributed by atoms with Crippen LogP contribution in [0.25, 0.3) is 5.69 Å². The molecule has 3 aromatic heterocycles. The number of rotatable bonds is 7. The van der Waals surface area contributed by atoms with Crippen molar-refractivity contribution in [1.82, 2.24) is 44.9 Å². The molecule has 0 amide bonds. The second kappa shape index (κ2) is 7.13. The van der Waals surface area contributed by atoms with Gasteiger partial charge in [0.05, 0.1) is 12.0 Å². The molecule has 0 spiro atoms. The normalized spacial score (nSPS) is 11.0. The Morgan fingerprint density at radius 3 is 3.04 bits per heavy atom. The van der Waals surface area contributed by atoms with Gasteiger partial charge < -0.3 is 9.72 Å². The van der Waals surface area contributed by atoms with Crippen LogP contribution in [-0.4, -0.2) is 44.9 Å². The van der Waals surface area contributed by atoms with E-state index in [9.17, 15) is 0 Å². The van der Waals surface area contributed by atoms with Gasteiger partial charge in [-0.3, -0.25) is 0 Å². The number of benzene rings is 1. The lowest BCUT2D eigenvalue weighted by Gasteiger charge is -2.09. The van der Waals surface area contributed by atoms with Crippen LogP contribution < -0.4 is 4.74 Å². The van der Waals surface area contributed by atoms with Gasteiger partial charge in [0.25, 0.3) is 0 Å². The Kier molecular flexibility index (Phi) is 4.37. The maximum absolute atomic E-state index is 5.90. The molecule has 4 rings (SSSR count). The fraction of sp³-hybridized carbons (Fsp3) is 0.250. The number of aromatic nitrogens is 9. The Labute approximate surface area is 148 Å². The first-order valence-electron chi connectivity index (χ1n) is 8.12. The van der Waals surface area contributed by atoms with Crippen LogP contribution in [0.2, 0.25) is 0 Å². The van der Waals surface area contributed by atoms with Gasteiger partial charge in [0.1, 0.15) is 24.5 Å². The van der Waals surface area contributed by atoms with Crippen molar-refractivity contribution in [2.24, 2.45) is 0 Å². The van der Waals surface area contributed by atoms with E-state index < -0.39 is 0 Å². The molecule has 0 saturated heterocycles. The monoisotopic (exact) mass is 351 g/mol. The van der Waals surface area contributed by atoms with Crippen LogP contribution in [0.1, 0.15) is 17.3 Å². The summed E-state index contributed by atoms with van der Waals surface area (Å²) >= 11 is 0. The van der Waals surface area contributed by atoms with Crippen LogP contribution in [0.3, 0.4) is 0 Å². The minimum Gasteiger partial charge on any atom is -0.486 e. The summed E-state index contributed by atoms with van der Waals surface area (Å²) in [7, 11) is 0. The van der Waals surface area contributed by atoms with Gasteiger partial charge in [-0.05, 0) is 29.5 Å². The molecule has 10 heteroatoms. The Morgan fingerprint density at radius 2 is 2.23 bits per heavy atom. The molecule has 0 saturated carbocycles. The second-order valence-corrected chi connectivity index (χ2v) is 5.67. The number of hydrogen-bond acceptors (Lipinski definition) is 7. The third-order valence-electron chi connectivity index (χ3n) is 3.80. The highest BCUT2D eigenvalue weighted by Crippen LogP contribution is 2.17. The van der Waals surface area contributed by atoms with Crippen LogP contribution >= 0.6 is 0 Å². The van der Waals surface area contributed by atoms with Crippen LogP contribution in [0.4, 0.5) is 0 Å². The number of aromatic amines is 1. The Hall–Kier alpha value is -3.56. The number of aryl methyl sites for hydroxylation is 3. The summed E-state index contributed by atoms with van der Waals surface area (Å²) in [4.78, 5) is 11.6. The highest BCUT2D eigenvalue weighted by Gasteiger charge is 2.09. The Balaban J connectivity index is 1.44. The van der Waals surface area contributed by atoms with Crippen molar-refractivity contribution in [2.75, 3.05) is 0 Å². The van der Waals surface area contributed by atoms with Gasteiger partial charge >= 0.3 is 0 Å². The van der Waals surface area contributed by atoms with E-state index in [4.69, 9.17) is 4.74 Å². The standard InChI is InChI=1S/C16H17N9O/c1-12-20-16(24(21-12)6-5-13-8-17-10-18-13)9-26-15-4-2-3-14(7-15)25-11-19-22-23-25/h2-4,7-8,10-11H,5-6,9H2,1H3,(H,17,18). The summed E-state index contributed by atoms with van der Waals surface area (Å²) in [5, 5.41) is 15.6. The number of tetrazole rings is 1. The Morgan fingerprint density at radius 1 is 1.27 bits per heavy atom. The van der Waals surface area contributed by atoms with Crippen molar-refractivity contribution in [3.05, 3.63) is 60.5 Å². The van der Waals surface area contributed by atoms with Crippen molar-refractivity contribution < 1.29 is 4.74 Å². The minimum absolute atomic E-state index is 0.322. The highest BCUT2D eigenvalue weighted by atomic mass is 16.5. The van der Waals surface area contributed by atoms with Crippen molar-refractivity contribution in [3.8, 4) is 11.4 Å². The molecular formula is C16H17N9O. The lowest BCUT2D eigenvalue weighted by atomic mass is 10.3. The molecule has 0 unspecified atom stereocenters. The molecule has 0 atom stereocenters. The predicted octanol–water partition coefficient (Wildman–Crippen LogP) is 1.11. The molecule has 1 aromatic carbocycles. The van der Waals surface area contributed by atoms with Crippen molar-refractivity contribution in [2.45, 2.75) is 26.5 Å². The summed E-state index contributed by atoms with van der Waals surface area (Å²) < 4.78 is 9.33. The Bertz CT molecular complexity index is 960. The first-order valence-corrected chi connectivity index (χ1v) is 8.12. The maximum atomic E-state index is 5.90. The van der Waals surface area contributed by atoms with E-state index in [1.165, 1.54) is 6.33 Å². The molecule has 0 aliphatic heterocycles. The average molecular weight is 351 g/mol. The number of nitrogens with one attached hydrogen (secondary N) is 1. The first kappa shape index (κ1) is 15.9. The number of imidazole rings is 1. The van der Waals surface area contributed by atoms with Gasteiger partial charge in [0.15, 0.2) is 5.82 Å². The van der Waals surface area contributed by atoms with E-state index in [2.05, 4.69) is 35.6 Å². The quantitative estimate of drug-likeness (QED) is 0.530. The molecule has 132 valence electrons. The third-order valence-corrected chi connectivity index (χ3v) is 3.80. The molecule has 0 aliphatic carbocycles. The minimum atomic E-state index is 0.322. The summed E-state index contributed by atoms with van der Waals surface area (Å²) in [6.07, 6.45) is 5.81. The van der Waals surface area contributed by atoms with Crippen LogP contribution in [-0.2, 0) is 19.6 Å². The van der Waals surface area contributed by atoms with E-state index in [1.54, 1.807) is 11.0 Å². The van der Waals surface area contributed by atoms with E-state index >= 15 is 0 Å². The third kappa shape index (κ3) is 3.58. The number of hydrogen-bond donors (Lipinski definition) is 1. The van der Waals surface area contributed by atoms with Gasteiger partial charge in [0.2, 0.25) is 0 Å². The van der Waals surface area contributed by atoms with Gasteiger partial charge in [-0.25, -0.2) is 19.3 Å². The van der Waals surface area contributed by atoms with Crippen molar-refractivity contribution in [1.29, 1.82) is 0 Å². The van der Waals surface area contributed by atoms with Gasteiger partial charge in [0, 0.05) is 30.9 Å². The SMILES string of the molecule is Cc1nc(COc2cccc(-n3cnnn3)c2)n(CCc2cnc[nH]2)n1. The molecular weight excluding hydrogens is 334 g/mol. The van der Waals surface area contributed by atoms with Gasteiger partial charge in [-0.15, -0.1) is 5.10 Å². The maximum Gasteiger partial charge on any atom is 0.165 e. The number of ether oxygens (including phenoxy) is 1. The van der Waals surface area contributed by atoms with E-state index in [-0.39, 0.29) is 0 Å². The van der Waals surface area contributed by atoms with Crippen molar-refractivity contribution >= 4 is 0 Å². The molecule has 4 aromatic rings. The number of H-pyrrole nitrogens is 1. The predicted molar refractivity (Wildman–Crippen MR) is 90.5 cm³/mol. The van der Waals surface area contributed by atoms with Gasteiger partial charge in [-0.2, -0.15) is 5.10 Å². The largest absolute Gasteiger partial charge is 0.486 e. The van der Waals surface area contributed by atoms with E-state index in [0.717, 1.165) is 29.5 Å². The zero-order valence-corrected chi connectivity index (χ0v) is 14.1. The lowest BCUT2D eigenvalue weighted by molar-refractivity contribution is 0.286. The second-order valence-electron chi connectivity index (χ2n) is 5.67. The summed E-state index contributed by atoms with van der Waals surface area (Å²) in [6, 6.07) is 7.54. The smallest absolute Gasteiger partial charge is 0.165 e. The zero-order valence-electron chi connectivity index (χ0n) is 14.1. The van der Waals surface area contributed by atoms with Crippen molar-refractivity contribution in [3.63, 3.8) is 0 Å². The lowest BCUT2D eigenvalue weighted by Crippen LogP contribution is -2.11. The van der Waals surface area contributed by atoms with Crippen LogP contribution in [0.5, 0.6) is 5.75 Å². The van der Waals surface area contributed by atoms with E-state index in [1.807, 2.05) is 42.1 Å². The topological polar surface area (TPSA) is 112 Å². The summed E-state index contributed by atoms with van der Waals surface area (Å²) in [5.41, 5.74) is 1.88. The first-order chi connectivity index (χ1) is 12.8. The average Bonchev–Trinajstić information content (AvgIpc) is 3.40. The molecule has 0 radical (unpaired) electrons. The molecule has 0 fully saturated rings. The van der Waals surface area contributed by atoms with Gasteiger partial charge in [-0.1, -0.05) is 6.07 Å². The zero-order chi connectivity index (χ0) is 17.8. The highest BCUT2D eigenvalue weighted by molar-refractivity contribution is 5.37. The van der Waals surface area contributed by atoms with Crippen LogP contribution in [0, 0.1) is 6.92 Å².